The summed E-state index contributed by atoms with van der Waals surface area (Å²) in [7, 11) is 0. The van der Waals surface area contributed by atoms with Gasteiger partial charge in [-0.2, -0.15) is 0 Å². The highest BCUT2D eigenvalue weighted by Gasteiger charge is 2.22. The Morgan fingerprint density at radius 3 is 2.80 bits per heavy atom. The Hall–Kier alpha value is -2.71. The lowest BCUT2D eigenvalue weighted by atomic mass is 10.2. The van der Waals surface area contributed by atoms with Crippen LogP contribution in [0.3, 0.4) is 0 Å². The number of hydrogen-bond acceptors (Lipinski definition) is 6. The van der Waals surface area contributed by atoms with Crippen molar-refractivity contribution in [3.8, 4) is 0 Å². The van der Waals surface area contributed by atoms with E-state index in [0.29, 0.717) is 19.7 Å². The van der Waals surface area contributed by atoms with Crippen LogP contribution in [0.4, 0.5) is 5.88 Å². The number of nitrogens with one attached hydrogen (secondary N) is 1. The molecule has 1 fully saturated rings. The molecule has 1 aromatic carbocycles. The number of amides is 1. The van der Waals surface area contributed by atoms with Crippen LogP contribution in [0.25, 0.3) is 0 Å². The molecule has 2 aromatic rings. The molecule has 2 heterocycles. The van der Waals surface area contributed by atoms with Crippen LogP contribution in [-0.4, -0.2) is 48.1 Å². The van der Waals surface area contributed by atoms with E-state index in [1.807, 2.05) is 18.2 Å². The maximum Gasteiger partial charge on any atom is 0.433 e. The van der Waals surface area contributed by atoms with E-state index in [9.17, 15) is 14.9 Å². The van der Waals surface area contributed by atoms with Crippen LogP contribution in [0.5, 0.6) is 0 Å². The molecule has 1 unspecified atom stereocenters. The third-order valence-corrected chi connectivity index (χ3v) is 3.96. The molecule has 8 nitrogen and oxygen atoms in total. The maximum absolute atomic E-state index is 12.0. The monoisotopic (exact) mass is 345 g/mol. The van der Waals surface area contributed by atoms with Crippen molar-refractivity contribution in [2.24, 2.45) is 0 Å². The number of hydrogen-bond donors (Lipinski definition) is 1. The van der Waals surface area contributed by atoms with Crippen LogP contribution in [0.15, 0.2) is 46.9 Å². The second kappa shape index (κ2) is 7.91. The zero-order chi connectivity index (χ0) is 17.6. The number of benzene rings is 1. The van der Waals surface area contributed by atoms with Gasteiger partial charge in [-0.3, -0.25) is 19.8 Å². The third-order valence-electron chi connectivity index (χ3n) is 3.96. The average molecular weight is 345 g/mol. The molecule has 1 aliphatic heterocycles. The molecular weight excluding hydrogens is 326 g/mol. The van der Waals surface area contributed by atoms with Crippen LogP contribution >= 0.6 is 0 Å². The smallest absolute Gasteiger partial charge is 0.395 e. The highest BCUT2D eigenvalue weighted by atomic mass is 16.6. The van der Waals surface area contributed by atoms with Crippen LogP contribution in [-0.2, 0) is 11.3 Å². The highest BCUT2D eigenvalue weighted by Crippen LogP contribution is 2.15. The largest absolute Gasteiger partial charge is 0.433 e. The third kappa shape index (κ3) is 4.65. The van der Waals surface area contributed by atoms with E-state index in [2.05, 4.69) is 22.3 Å². The first-order valence-corrected chi connectivity index (χ1v) is 8.02. The number of furan rings is 1. The molecule has 25 heavy (non-hydrogen) atoms. The fraction of sp³-hybridized carbons (Fsp3) is 0.353. The second-order valence-corrected chi connectivity index (χ2v) is 5.82. The van der Waals surface area contributed by atoms with Gasteiger partial charge in [0.1, 0.15) is 4.92 Å². The topological polar surface area (TPSA) is 97.9 Å². The first kappa shape index (κ1) is 17.1. The number of carbonyl (C=O) groups is 1. The number of ether oxygens (including phenoxy) is 1. The van der Waals surface area contributed by atoms with E-state index in [0.717, 1.165) is 19.2 Å². The number of nitrogens with zero attached hydrogens (tertiary/aromatic N) is 2. The molecule has 1 saturated heterocycles. The molecule has 0 spiro atoms. The van der Waals surface area contributed by atoms with Crippen molar-refractivity contribution in [1.29, 1.82) is 0 Å². The predicted octanol–water partition coefficient (Wildman–Crippen LogP) is 1.82. The summed E-state index contributed by atoms with van der Waals surface area (Å²) >= 11 is 0. The molecule has 1 aromatic heterocycles. The molecule has 1 amide bonds. The van der Waals surface area contributed by atoms with Crippen molar-refractivity contribution in [3.05, 3.63) is 63.9 Å². The fourth-order valence-electron chi connectivity index (χ4n) is 2.73. The van der Waals surface area contributed by atoms with Crippen molar-refractivity contribution in [3.63, 3.8) is 0 Å². The normalized spacial score (nSPS) is 18.0. The van der Waals surface area contributed by atoms with Crippen molar-refractivity contribution in [1.82, 2.24) is 10.2 Å². The van der Waals surface area contributed by atoms with Gasteiger partial charge in [-0.25, -0.2) is 0 Å². The van der Waals surface area contributed by atoms with E-state index < -0.39 is 16.7 Å². The lowest BCUT2D eigenvalue weighted by Gasteiger charge is -2.33. The van der Waals surface area contributed by atoms with Gasteiger partial charge in [0.15, 0.2) is 5.76 Å². The SMILES string of the molecule is O=C(NCC1CN(Cc2ccccc2)CCO1)c1ccc([N+](=O)[O-])o1. The number of rotatable bonds is 6. The van der Waals surface area contributed by atoms with E-state index in [-0.39, 0.29) is 11.9 Å². The molecule has 0 aliphatic carbocycles. The van der Waals surface area contributed by atoms with E-state index in [4.69, 9.17) is 9.15 Å². The van der Waals surface area contributed by atoms with Crippen molar-refractivity contribution < 1.29 is 18.9 Å². The molecule has 132 valence electrons. The van der Waals surface area contributed by atoms with Crippen LogP contribution in [0.2, 0.25) is 0 Å². The summed E-state index contributed by atoms with van der Waals surface area (Å²) in [6, 6.07) is 12.6. The summed E-state index contributed by atoms with van der Waals surface area (Å²) in [5.74, 6) is -1.02. The Morgan fingerprint density at radius 1 is 1.28 bits per heavy atom. The molecule has 1 aliphatic rings. The summed E-state index contributed by atoms with van der Waals surface area (Å²) in [6.07, 6.45) is -0.133. The molecule has 0 saturated carbocycles. The van der Waals surface area contributed by atoms with Crippen LogP contribution < -0.4 is 5.32 Å². The van der Waals surface area contributed by atoms with Gasteiger partial charge in [0, 0.05) is 26.2 Å². The Morgan fingerprint density at radius 2 is 2.08 bits per heavy atom. The Kier molecular flexibility index (Phi) is 5.42. The second-order valence-electron chi connectivity index (χ2n) is 5.82. The van der Waals surface area contributed by atoms with Crippen molar-refractivity contribution in [2.45, 2.75) is 12.6 Å². The highest BCUT2D eigenvalue weighted by molar-refractivity contribution is 5.91. The average Bonchev–Trinajstić information content (AvgIpc) is 3.11. The summed E-state index contributed by atoms with van der Waals surface area (Å²) < 4.78 is 10.6. The summed E-state index contributed by atoms with van der Waals surface area (Å²) in [5, 5.41) is 13.3. The zero-order valence-electron chi connectivity index (χ0n) is 13.6. The van der Waals surface area contributed by atoms with Crippen molar-refractivity contribution >= 4 is 11.8 Å². The van der Waals surface area contributed by atoms with Gasteiger partial charge in [-0.15, -0.1) is 0 Å². The molecule has 0 radical (unpaired) electrons. The summed E-state index contributed by atoms with van der Waals surface area (Å²) in [5.41, 5.74) is 1.23. The lowest BCUT2D eigenvalue weighted by molar-refractivity contribution is -0.402. The Balaban J connectivity index is 1.49. The maximum atomic E-state index is 12.0. The zero-order valence-corrected chi connectivity index (χ0v) is 13.6. The van der Waals surface area contributed by atoms with Gasteiger partial charge in [0.2, 0.25) is 0 Å². The predicted molar refractivity (Wildman–Crippen MR) is 89.2 cm³/mol. The van der Waals surface area contributed by atoms with Gasteiger partial charge in [0.25, 0.3) is 5.91 Å². The van der Waals surface area contributed by atoms with E-state index in [1.165, 1.54) is 11.6 Å². The van der Waals surface area contributed by atoms with E-state index >= 15 is 0 Å². The lowest BCUT2D eigenvalue weighted by Crippen LogP contribution is -2.47. The molecule has 3 rings (SSSR count). The summed E-state index contributed by atoms with van der Waals surface area (Å²) in [4.78, 5) is 24.2. The van der Waals surface area contributed by atoms with Gasteiger partial charge >= 0.3 is 5.88 Å². The van der Waals surface area contributed by atoms with Gasteiger partial charge in [0.05, 0.1) is 18.8 Å². The molecule has 8 heteroatoms. The molecule has 1 atom stereocenters. The minimum atomic E-state index is -0.678. The molecular formula is C17H19N3O5. The minimum absolute atomic E-state index is 0.0800. The standard InChI is InChI=1S/C17H19N3O5/c21-17(15-6-7-16(25-15)20(22)23)18-10-14-12-19(8-9-24-14)11-13-4-2-1-3-5-13/h1-7,14H,8-12H2,(H,18,21). The Labute approximate surface area is 144 Å². The van der Waals surface area contributed by atoms with Gasteiger partial charge < -0.3 is 14.5 Å². The number of carbonyl (C=O) groups excluding carboxylic acids is 1. The summed E-state index contributed by atoms with van der Waals surface area (Å²) in [6.45, 7) is 3.29. The van der Waals surface area contributed by atoms with Gasteiger partial charge in [-0.05, 0) is 11.6 Å². The molecule has 1 N–H and O–H groups in total. The van der Waals surface area contributed by atoms with Gasteiger partial charge in [-0.1, -0.05) is 30.3 Å². The number of morpholine rings is 1. The van der Waals surface area contributed by atoms with E-state index in [1.54, 1.807) is 0 Å². The van der Waals surface area contributed by atoms with Crippen molar-refractivity contribution in [2.75, 3.05) is 26.2 Å². The first-order valence-electron chi connectivity index (χ1n) is 8.02. The quantitative estimate of drug-likeness (QED) is 0.633. The minimum Gasteiger partial charge on any atom is -0.395 e. The molecule has 0 bridgehead atoms. The first-order chi connectivity index (χ1) is 12.1. The van der Waals surface area contributed by atoms with Crippen LogP contribution in [0.1, 0.15) is 16.1 Å². The number of nitro groups is 1. The Bertz CT molecular complexity index is 731. The van der Waals surface area contributed by atoms with Crippen LogP contribution in [0, 0.1) is 10.1 Å². The fourth-order valence-corrected chi connectivity index (χ4v) is 2.73.